The Labute approximate surface area is 97.4 Å². The highest BCUT2D eigenvalue weighted by molar-refractivity contribution is 7.98. The van der Waals surface area contributed by atoms with E-state index >= 15 is 0 Å². The van der Waals surface area contributed by atoms with Crippen molar-refractivity contribution in [2.24, 2.45) is 5.73 Å². The molecule has 2 heteroatoms. The molecule has 1 aromatic rings. The lowest BCUT2D eigenvalue weighted by atomic mass is 10.1. The number of benzene rings is 1. The maximum Gasteiger partial charge on any atom is 0.0187 e. The third kappa shape index (κ3) is 5.24. The maximum absolute atomic E-state index is 5.45. The molecule has 1 aromatic carbocycles. The van der Waals surface area contributed by atoms with Crippen LogP contribution in [0, 0.1) is 6.92 Å². The Kier molecular flexibility index (Phi) is 6.53. The lowest BCUT2D eigenvalue weighted by molar-refractivity contribution is 0.732. The van der Waals surface area contributed by atoms with Gasteiger partial charge in [-0.05, 0) is 43.2 Å². The van der Waals surface area contributed by atoms with Crippen LogP contribution in [0.5, 0.6) is 0 Å². The van der Waals surface area contributed by atoms with E-state index in [0.717, 1.165) is 12.3 Å². The molecular weight excluding hydrogens is 202 g/mol. The molecule has 0 atom stereocenters. The summed E-state index contributed by atoms with van der Waals surface area (Å²) in [4.78, 5) is 0. The highest BCUT2D eigenvalue weighted by Gasteiger charge is 1.96. The van der Waals surface area contributed by atoms with Gasteiger partial charge in [-0.2, -0.15) is 11.8 Å². The fourth-order valence-electron chi connectivity index (χ4n) is 1.48. The van der Waals surface area contributed by atoms with E-state index < -0.39 is 0 Å². The Morgan fingerprint density at radius 2 is 1.93 bits per heavy atom. The number of thioether (sulfide) groups is 1. The molecule has 0 spiro atoms. The summed E-state index contributed by atoms with van der Waals surface area (Å²) in [7, 11) is 0. The van der Waals surface area contributed by atoms with Gasteiger partial charge in [0.25, 0.3) is 0 Å². The van der Waals surface area contributed by atoms with Crippen LogP contribution in [-0.4, -0.2) is 12.3 Å². The van der Waals surface area contributed by atoms with Crippen molar-refractivity contribution >= 4 is 11.8 Å². The van der Waals surface area contributed by atoms with Crippen molar-refractivity contribution in [3.8, 4) is 0 Å². The molecule has 2 N–H and O–H groups in total. The van der Waals surface area contributed by atoms with Crippen LogP contribution in [0.25, 0.3) is 0 Å². The van der Waals surface area contributed by atoms with E-state index in [0.29, 0.717) is 0 Å². The van der Waals surface area contributed by atoms with Crippen LogP contribution >= 0.6 is 11.8 Å². The molecule has 0 heterocycles. The van der Waals surface area contributed by atoms with Gasteiger partial charge in [0.05, 0.1) is 0 Å². The SMILES string of the molecule is Cc1ccccc1CSCCCCCN. The molecule has 0 aliphatic heterocycles. The molecule has 1 rings (SSSR count). The van der Waals surface area contributed by atoms with Crippen molar-refractivity contribution in [1.82, 2.24) is 0 Å². The van der Waals surface area contributed by atoms with Crippen LogP contribution in [0.15, 0.2) is 24.3 Å². The summed E-state index contributed by atoms with van der Waals surface area (Å²) in [6.45, 7) is 3.02. The first-order valence-corrected chi connectivity index (χ1v) is 6.82. The Morgan fingerprint density at radius 1 is 1.13 bits per heavy atom. The number of hydrogen-bond acceptors (Lipinski definition) is 2. The molecule has 0 unspecified atom stereocenters. The van der Waals surface area contributed by atoms with E-state index in [4.69, 9.17) is 5.73 Å². The van der Waals surface area contributed by atoms with Gasteiger partial charge >= 0.3 is 0 Å². The molecule has 15 heavy (non-hydrogen) atoms. The van der Waals surface area contributed by atoms with E-state index in [-0.39, 0.29) is 0 Å². The predicted octanol–water partition coefficient (Wildman–Crippen LogP) is 3.36. The van der Waals surface area contributed by atoms with Gasteiger partial charge in [-0.15, -0.1) is 0 Å². The third-order valence-electron chi connectivity index (χ3n) is 2.51. The van der Waals surface area contributed by atoms with Gasteiger partial charge in [0.2, 0.25) is 0 Å². The van der Waals surface area contributed by atoms with E-state index in [9.17, 15) is 0 Å². The lowest BCUT2D eigenvalue weighted by Gasteiger charge is -2.04. The largest absolute Gasteiger partial charge is 0.330 e. The van der Waals surface area contributed by atoms with E-state index in [1.165, 1.54) is 36.1 Å². The van der Waals surface area contributed by atoms with Crippen molar-refractivity contribution in [1.29, 1.82) is 0 Å². The molecule has 1 nitrogen and oxygen atoms in total. The van der Waals surface area contributed by atoms with Gasteiger partial charge in [0.1, 0.15) is 0 Å². The van der Waals surface area contributed by atoms with Gasteiger partial charge in [0, 0.05) is 5.75 Å². The predicted molar refractivity (Wildman–Crippen MR) is 70.2 cm³/mol. The van der Waals surface area contributed by atoms with Gasteiger partial charge in [-0.25, -0.2) is 0 Å². The van der Waals surface area contributed by atoms with Crippen molar-refractivity contribution in [2.75, 3.05) is 12.3 Å². The standard InChI is InChI=1S/C13H21NS/c1-12-7-3-4-8-13(12)11-15-10-6-2-5-9-14/h3-4,7-8H,2,5-6,9-11,14H2,1H3. The van der Waals surface area contributed by atoms with Crippen molar-refractivity contribution < 1.29 is 0 Å². The molecule has 0 aliphatic rings. The minimum Gasteiger partial charge on any atom is -0.330 e. The average Bonchev–Trinajstić information content (AvgIpc) is 2.25. The first kappa shape index (κ1) is 12.6. The van der Waals surface area contributed by atoms with Crippen LogP contribution in [0.2, 0.25) is 0 Å². The zero-order valence-corrected chi connectivity index (χ0v) is 10.4. The quantitative estimate of drug-likeness (QED) is 0.717. The smallest absolute Gasteiger partial charge is 0.0187 e. The molecule has 0 saturated heterocycles. The summed E-state index contributed by atoms with van der Waals surface area (Å²) in [5.74, 6) is 2.41. The second-order valence-electron chi connectivity index (χ2n) is 3.83. The Balaban J connectivity index is 2.12. The molecule has 0 bridgehead atoms. The Morgan fingerprint density at radius 3 is 2.67 bits per heavy atom. The zero-order valence-electron chi connectivity index (χ0n) is 9.54. The minimum absolute atomic E-state index is 0.836. The van der Waals surface area contributed by atoms with Crippen molar-refractivity contribution in [2.45, 2.75) is 31.9 Å². The van der Waals surface area contributed by atoms with Crippen LogP contribution < -0.4 is 5.73 Å². The summed E-state index contributed by atoms with van der Waals surface area (Å²) in [6.07, 6.45) is 3.75. The molecule has 84 valence electrons. The number of rotatable bonds is 7. The second kappa shape index (κ2) is 7.77. The van der Waals surface area contributed by atoms with Crippen LogP contribution in [-0.2, 0) is 5.75 Å². The second-order valence-corrected chi connectivity index (χ2v) is 4.93. The number of nitrogens with two attached hydrogens (primary N) is 1. The molecule has 0 saturated carbocycles. The molecule has 0 radical (unpaired) electrons. The molecule has 0 fully saturated rings. The lowest BCUT2D eigenvalue weighted by Crippen LogP contribution is -1.98. The third-order valence-corrected chi connectivity index (χ3v) is 3.60. The highest BCUT2D eigenvalue weighted by atomic mass is 32.2. The van der Waals surface area contributed by atoms with Crippen LogP contribution in [0.1, 0.15) is 30.4 Å². The normalized spacial score (nSPS) is 10.5. The monoisotopic (exact) mass is 223 g/mol. The zero-order chi connectivity index (χ0) is 10.9. The van der Waals surface area contributed by atoms with Gasteiger partial charge in [-0.3, -0.25) is 0 Å². The fourth-order valence-corrected chi connectivity index (χ4v) is 2.58. The maximum atomic E-state index is 5.45. The first-order valence-electron chi connectivity index (χ1n) is 5.67. The van der Waals surface area contributed by atoms with E-state index in [2.05, 4.69) is 31.2 Å². The Bertz CT molecular complexity index is 273. The topological polar surface area (TPSA) is 26.0 Å². The number of unbranched alkanes of at least 4 members (excludes halogenated alkanes) is 2. The Hall–Kier alpha value is -0.470. The average molecular weight is 223 g/mol. The molecule has 0 aromatic heterocycles. The first-order chi connectivity index (χ1) is 7.34. The van der Waals surface area contributed by atoms with Crippen molar-refractivity contribution in [3.63, 3.8) is 0 Å². The number of hydrogen-bond donors (Lipinski definition) is 1. The number of aryl methyl sites for hydroxylation is 1. The van der Waals surface area contributed by atoms with E-state index in [1.54, 1.807) is 0 Å². The fraction of sp³-hybridized carbons (Fsp3) is 0.538. The summed E-state index contributed by atoms with van der Waals surface area (Å²) in [5, 5.41) is 0. The van der Waals surface area contributed by atoms with Crippen LogP contribution in [0.4, 0.5) is 0 Å². The summed E-state index contributed by atoms with van der Waals surface area (Å²) in [5.41, 5.74) is 8.33. The molecule has 0 aliphatic carbocycles. The van der Waals surface area contributed by atoms with Gasteiger partial charge in [0.15, 0.2) is 0 Å². The summed E-state index contributed by atoms with van der Waals surface area (Å²) in [6, 6.07) is 8.63. The van der Waals surface area contributed by atoms with E-state index in [1.807, 2.05) is 11.8 Å². The molecular formula is C13H21NS. The van der Waals surface area contributed by atoms with Gasteiger partial charge in [-0.1, -0.05) is 30.7 Å². The summed E-state index contributed by atoms with van der Waals surface area (Å²) < 4.78 is 0. The highest BCUT2D eigenvalue weighted by Crippen LogP contribution is 2.17. The van der Waals surface area contributed by atoms with Gasteiger partial charge < -0.3 is 5.73 Å². The minimum atomic E-state index is 0.836. The molecule has 0 amide bonds. The van der Waals surface area contributed by atoms with Crippen LogP contribution in [0.3, 0.4) is 0 Å². The summed E-state index contributed by atoms with van der Waals surface area (Å²) >= 11 is 2.03. The van der Waals surface area contributed by atoms with Crippen molar-refractivity contribution in [3.05, 3.63) is 35.4 Å².